The lowest BCUT2D eigenvalue weighted by Crippen LogP contribution is -2.27. The van der Waals surface area contributed by atoms with E-state index in [0.717, 1.165) is 32.3 Å². The van der Waals surface area contributed by atoms with Gasteiger partial charge in [-0.05, 0) is 46.0 Å². The van der Waals surface area contributed by atoms with Crippen molar-refractivity contribution in [2.75, 3.05) is 26.4 Å². The lowest BCUT2D eigenvalue weighted by molar-refractivity contribution is -0.187. The summed E-state index contributed by atoms with van der Waals surface area (Å²) >= 11 is 0. The topological polar surface area (TPSA) is 36.9 Å². The summed E-state index contributed by atoms with van der Waals surface area (Å²) in [7, 11) is 0. The molecule has 0 aromatic heterocycles. The van der Waals surface area contributed by atoms with E-state index >= 15 is 0 Å². The first-order valence-corrected chi connectivity index (χ1v) is 10.5. The van der Waals surface area contributed by atoms with E-state index in [1.807, 2.05) is 27.7 Å². The molecule has 3 rings (SSSR count). The summed E-state index contributed by atoms with van der Waals surface area (Å²) in [6, 6.07) is 0. The summed E-state index contributed by atoms with van der Waals surface area (Å²) in [6.45, 7) is 20.0. The van der Waals surface area contributed by atoms with Crippen LogP contribution in [0.3, 0.4) is 0 Å². The minimum absolute atomic E-state index is 0.0196. The van der Waals surface area contributed by atoms with E-state index in [2.05, 4.69) is 33.8 Å². The number of rotatable bonds is 0. The Balaban J connectivity index is 0.000000344. The van der Waals surface area contributed by atoms with Crippen LogP contribution in [0.2, 0.25) is 0 Å². The van der Waals surface area contributed by atoms with Gasteiger partial charge in [0, 0.05) is 11.8 Å². The Labute approximate surface area is 162 Å². The smallest absolute Gasteiger partial charge is 0.154 e. The van der Waals surface area contributed by atoms with E-state index in [4.69, 9.17) is 18.9 Å². The van der Waals surface area contributed by atoms with E-state index in [1.54, 1.807) is 5.57 Å². The van der Waals surface area contributed by atoms with Gasteiger partial charge in [0.25, 0.3) is 0 Å². The van der Waals surface area contributed by atoms with Crippen molar-refractivity contribution in [1.82, 2.24) is 0 Å². The molecular weight excluding hydrogens is 328 g/mol. The van der Waals surface area contributed by atoms with Gasteiger partial charge in [-0.2, -0.15) is 0 Å². The molecule has 1 unspecified atom stereocenters. The van der Waals surface area contributed by atoms with E-state index in [0.29, 0.717) is 11.8 Å². The zero-order valence-electron chi connectivity index (χ0n) is 18.5. The molecule has 0 N–H and O–H groups in total. The van der Waals surface area contributed by atoms with Crippen LogP contribution in [0.1, 0.15) is 74.7 Å². The van der Waals surface area contributed by atoms with Crippen LogP contribution in [0.4, 0.5) is 0 Å². The maximum absolute atomic E-state index is 5.17. The van der Waals surface area contributed by atoms with Crippen molar-refractivity contribution in [2.45, 2.75) is 87.2 Å². The third kappa shape index (κ3) is 13.7. The molecular formula is C22H44O4. The second kappa shape index (κ2) is 15.6. The Hall–Kier alpha value is -0.420. The second-order valence-corrected chi connectivity index (χ2v) is 7.61. The molecule has 0 saturated carbocycles. The predicted molar refractivity (Wildman–Crippen MR) is 109 cm³/mol. The van der Waals surface area contributed by atoms with Crippen LogP contribution in [0.25, 0.3) is 0 Å². The fraction of sp³-hybridized carbons (Fsp3) is 0.909. The minimum atomic E-state index is 0.0196. The fourth-order valence-corrected chi connectivity index (χ4v) is 2.49. The van der Waals surface area contributed by atoms with Gasteiger partial charge in [-0.3, -0.25) is 0 Å². The molecule has 26 heavy (non-hydrogen) atoms. The van der Waals surface area contributed by atoms with Gasteiger partial charge in [0.1, 0.15) is 0 Å². The van der Waals surface area contributed by atoms with Crippen LogP contribution in [0.5, 0.6) is 0 Å². The van der Waals surface area contributed by atoms with Gasteiger partial charge in [0.2, 0.25) is 0 Å². The summed E-state index contributed by atoms with van der Waals surface area (Å²) in [5.41, 5.74) is 1.59. The van der Waals surface area contributed by atoms with Crippen LogP contribution < -0.4 is 0 Å². The van der Waals surface area contributed by atoms with Crippen molar-refractivity contribution in [3.63, 3.8) is 0 Å². The van der Waals surface area contributed by atoms with Gasteiger partial charge in [0.05, 0.1) is 26.4 Å². The standard InChI is InChI=1S/C8H14.2C6H12O2.C2H6/c1-7-3-5-8(2)6-4-7;2*1-5-3-7-6(2)8-4-5;1-2/h3,8H,4-6H2,1-2H3;2*5-6H,3-4H2,1-2H3;1-2H3. The maximum atomic E-state index is 5.17. The van der Waals surface area contributed by atoms with Gasteiger partial charge in [-0.25, -0.2) is 0 Å². The average Bonchev–Trinajstić information content (AvgIpc) is 2.65. The van der Waals surface area contributed by atoms with Crippen molar-refractivity contribution >= 4 is 0 Å². The molecule has 3 aliphatic rings. The number of ether oxygens (including phenoxy) is 4. The summed E-state index contributed by atoms with van der Waals surface area (Å²) in [6.07, 6.45) is 6.46. The number of hydrogen-bond donors (Lipinski definition) is 0. The second-order valence-electron chi connectivity index (χ2n) is 7.61. The quantitative estimate of drug-likeness (QED) is 0.503. The molecule has 2 heterocycles. The molecule has 4 heteroatoms. The molecule has 2 aliphatic heterocycles. The molecule has 1 aliphatic carbocycles. The van der Waals surface area contributed by atoms with Crippen molar-refractivity contribution < 1.29 is 18.9 Å². The van der Waals surface area contributed by atoms with Crippen molar-refractivity contribution in [1.29, 1.82) is 0 Å². The summed E-state index contributed by atoms with van der Waals surface area (Å²) in [4.78, 5) is 0. The lowest BCUT2D eigenvalue weighted by atomic mass is 9.92. The highest BCUT2D eigenvalue weighted by atomic mass is 16.7. The van der Waals surface area contributed by atoms with Gasteiger partial charge >= 0.3 is 0 Å². The largest absolute Gasteiger partial charge is 0.353 e. The SMILES string of the molecule is CC.CC1=CCC(C)CC1.CC1COC(C)OC1.CC1COC(C)OC1. The van der Waals surface area contributed by atoms with Gasteiger partial charge in [-0.1, -0.05) is 46.3 Å². The number of allylic oxidation sites excluding steroid dienone is 2. The molecule has 0 bridgehead atoms. The Bertz CT molecular complexity index is 300. The highest BCUT2D eigenvalue weighted by molar-refractivity contribution is 5.01. The highest BCUT2D eigenvalue weighted by Gasteiger charge is 2.14. The fourth-order valence-electron chi connectivity index (χ4n) is 2.49. The summed E-state index contributed by atoms with van der Waals surface area (Å²) in [5.74, 6) is 2.09. The predicted octanol–water partition coefficient (Wildman–Crippen LogP) is 5.81. The summed E-state index contributed by atoms with van der Waals surface area (Å²) in [5, 5.41) is 0. The van der Waals surface area contributed by atoms with Crippen LogP contribution in [-0.2, 0) is 18.9 Å². The first kappa shape index (κ1) is 25.6. The van der Waals surface area contributed by atoms with Gasteiger partial charge in [-0.15, -0.1) is 0 Å². The van der Waals surface area contributed by atoms with E-state index < -0.39 is 0 Å². The lowest BCUT2D eigenvalue weighted by Gasteiger charge is -2.24. The molecule has 1 atom stereocenters. The summed E-state index contributed by atoms with van der Waals surface area (Å²) < 4.78 is 20.7. The Kier molecular flexibility index (Phi) is 15.4. The molecule has 2 fully saturated rings. The number of hydrogen-bond acceptors (Lipinski definition) is 4. The van der Waals surface area contributed by atoms with Crippen LogP contribution >= 0.6 is 0 Å². The molecule has 156 valence electrons. The van der Waals surface area contributed by atoms with Crippen LogP contribution in [-0.4, -0.2) is 39.0 Å². The maximum Gasteiger partial charge on any atom is 0.154 e. The third-order valence-electron chi connectivity index (χ3n) is 4.36. The first-order valence-electron chi connectivity index (χ1n) is 10.5. The van der Waals surface area contributed by atoms with Crippen LogP contribution in [0, 0.1) is 17.8 Å². The average molecular weight is 373 g/mol. The first-order chi connectivity index (χ1) is 12.4. The van der Waals surface area contributed by atoms with Crippen molar-refractivity contribution in [2.24, 2.45) is 17.8 Å². The normalized spacial score (nSPS) is 33.8. The zero-order chi connectivity index (χ0) is 19.9. The Morgan fingerprint density at radius 1 is 0.692 bits per heavy atom. The minimum Gasteiger partial charge on any atom is -0.353 e. The van der Waals surface area contributed by atoms with Gasteiger partial charge in [0.15, 0.2) is 12.6 Å². The molecule has 0 spiro atoms. The molecule has 0 aromatic carbocycles. The van der Waals surface area contributed by atoms with E-state index in [-0.39, 0.29) is 12.6 Å². The molecule has 2 saturated heterocycles. The zero-order valence-corrected chi connectivity index (χ0v) is 18.5. The monoisotopic (exact) mass is 372 g/mol. The third-order valence-corrected chi connectivity index (χ3v) is 4.36. The van der Waals surface area contributed by atoms with E-state index in [1.165, 1.54) is 19.3 Å². The van der Waals surface area contributed by atoms with Gasteiger partial charge < -0.3 is 18.9 Å². The Morgan fingerprint density at radius 2 is 1.08 bits per heavy atom. The van der Waals surface area contributed by atoms with Crippen molar-refractivity contribution in [3.05, 3.63) is 11.6 Å². The molecule has 0 radical (unpaired) electrons. The van der Waals surface area contributed by atoms with Crippen molar-refractivity contribution in [3.8, 4) is 0 Å². The van der Waals surface area contributed by atoms with Crippen LogP contribution in [0.15, 0.2) is 11.6 Å². The van der Waals surface area contributed by atoms with E-state index in [9.17, 15) is 0 Å². The molecule has 4 nitrogen and oxygen atoms in total. The Morgan fingerprint density at radius 3 is 1.31 bits per heavy atom. The highest BCUT2D eigenvalue weighted by Crippen LogP contribution is 2.21. The molecule has 0 aromatic rings. The molecule has 0 amide bonds.